The van der Waals surface area contributed by atoms with Crippen molar-refractivity contribution in [2.45, 2.75) is 37.5 Å². The molecule has 11 heteroatoms. The highest BCUT2D eigenvalue weighted by Gasteiger charge is 2.30. The van der Waals surface area contributed by atoms with Crippen molar-refractivity contribution in [3.05, 3.63) is 24.3 Å². The van der Waals surface area contributed by atoms with Crippen LogP contribution in [0.25, 0.3) is 0 Å². The van der Waals surface area contributed by atoms with Crippen LogP contribution < -0.4 is 5.32 Å². The lowest BCUT2D eigenvalue weighted by Gasteiger charge is -2.33. The van der Waals surface area contributed by atoms with Crippen molar-refractivity contribution in [2.75, 3.05) is 52.4 Å². The van der Waals surface area contributed by atoms with Gasteiger partial charge in [-0.1, -0.05) is 27.7 Å². The Kier molecular flexibility index (Phi) is 9.02. The van der Waals surface area contributed by atoms with Crippen molar-refractivity contribution in [2.24, 2.45) is 5.92 Å². The summed E-state index contributed by atoms with van der Waals surface area (Å²) in [6.45, 7) is 10.6. The molecule has 31 heavy (non-hydrogen) atoms. The number of nitrogens with zero attached hydrogens (tertiary/aromatic N) is 3. The fraction of sp³-hybridized carbons (Fsp3) is 0.650. The molecule has 1 N–H and O–H groups in total. The summed E-state index contributed by atoms with van der Waals surface area (Å²) in [6, 6.07) is 5.38. The van der Waals surface area contributed by atoms with Gasteiger partial charge >= 0.3 is 0 Å². The van der Waals surface area contributed by atoms with E-state index in [-0.39, 0.29) is 35.3 Å². The average Bonchev–Trinajstić information content (AvgIpc) is 2.73. The predicted molar refractivity (Wildman–Crippen MR) is 120 cm³/mol. The number of carbonyl (C=O) groups is 1. The van der Waals surface area contributed by atoms with Gasteiger partial charge in [-0.05, 0) is 30.2 Å². The van der Waals surface area contributed by atoms with Gasteiger partial charge in [0.05, 0.1) is 16.3 Å². The van der Waals surface area contributed by atoms with Crippen molar-refractivity contribution in [1.29, 1.82) is 0 Å². The Morgan fingerprint density at radius 2 is 1.48 bits per heavy atom. The Labute approximate surface area is 186 Å². The number of nitrogens with one attached hydrogen (secondary N) is 1. The van der Waals surface area contributed by atoms with Gasteiger partial charge in [0.2, 0.25) is 26.0 Å². The minimum absolute atomic E-state index is 0.0602. The summed E-state index contributed by atoms with van der Waals surface area (Å²) >= 11 is 0. The van der Waals surface area contributed by atoms with Gasteiger partial charge in [-0.2, -0.15) is 8.61 Å². The molecule has 0 spiro atoms. The standard InChI is InChI=1S/C20H34N4O5S2/c1-5-23(6-2)30(26,27)18-7-9-19(10-8-18)31(28,29)24-13-11-22(12-14-24)16-20(25)21-15-17(3)4/h7-10,17H,5-6,11-16H2,1-4H3,(H,21,25). The summed E-state index contributed by atoms with van der Waals surface area (Å²) in [6.07, 6.45) is 0. The van der Waals surface area contributed by atoms with Crippen LogP contribution in [0.2, 0.25) is 0 Å². The smallest absolute Gasteiger partial charge is 0.243 e. The first-order valence-electron chi connectivity index (χ1n) is 10.6. The number of amides is 1. The van der Waals surface area contributed by atoms with Gasteiger partial charge in [0, 0.05) is 45.8 Å². The van der Waals surface area contributed by atoms with Crippen LogP contribution in [-0.4, -0.2) is 88.6 Å². The largest absolute Gasteiger partial charge is 0.355 e. The predicted octanol–water partition coefficient (Wildman–Crippen LogP) is 0.796. The van der Waals surface area contributed by atoms with Crippen molar-refractivity contribution >= 4 is 26.0 Å². The molecule has 1 aromatic carbocycles. The SMILES string of the molecule is CCN(CC)S(=O)(=O)c1ccc(S(=O)(=O)N2CCN(CC(=O)NCC(C)C)CC2)cc1. The Bertz CT molecular complexity index is 934. The first-order valence-corrected chi connectivity index (χ1v) is 13.5. The number of rotatable bonds is 10. The molecular formula is C20H34N4O5S2. The molecule has 2 rings (SSSR count). The van der Waals surface area contributed by atoms with E-state index in [4.69, 9.17) is 0 Å². The zero-order chi connectivity index (χ0) is 23.2. The molecule has 1 amide bonds. The van der Waals surface area contributed by atoms with Gasteiger partial charge < -0.3 is 5.32 Å². The molecule has 0 aromatic heterocycles. The van der Waals surface area contributed by atoms with E-state index in [2.05, 4.69) is 5.32 Å². The van der Waals surface area contributed by atoms with Gasteiger partial charge in [-0.25, -0.2) is 16.8 Å². The first kappa shape index (κ1) is 25.7. The van der Waals surface area contributed by atoms with Gasteiger partial charge in [-0.15, -0.1) is 0 Å². The second-order valence-electron chi connectivity index (χ2n) is 7.94. The van der Waals surface area contributed by atoms with E-state index in [9.17, 15) is 21.6 Å². The van der Waals surface area contributed by atoms with E-state index < -0.39 is 20.0 Å². The van der Waals surface area contributed by atoms with Crippen LogP contribution in [0.1, 0.15) is 27.7 Å². The Morgan fingerprint density at radius 3 is 1.97 bits per heavy atom. The lowest BCUT2D eigenvalue weighted by Crippen LogP contribution is -2.51. The molecule has 0 unspecified atom stereocenters. The monoisotopic (exact) mass is 474 g/mol. The topological polar surface area (TPSA) is 107 Å². The van der Waals surface area contributed by atoms with Crippen LogP contribution in [0.3, 0.4) is 0 Å². The molecule has 0 atom stereocenters. The maximum absolute atomic E-state index is 13.0. The van der Waals surface area contributed by atoms with E-state index in [1.807, 2.05) is 18.7 Å². The van der Waals surface area contributed by atoms with Crippen LogP contribution in [0.15, 0.2) is 34.1 Å². The zero-order valence-electron chi connectivity index (χ0n) is 18.7. The number of hydrogen-bond donors (Lipinski definition) is 1. The molecule has 1 heterocycles. The summed E-state index contributed by atoms with van der Waals surface area (Å²) in [7, 11) is -7.37. The van der Waals surface area contributed by atoms with E-state index in [0.29, 0.717) is 38.6 Å². The van der Waals surface area contributed by atoms with Crippen LogP contribution in [0.4, 0.5) is 0 Å². The van der Waals surface area contributed by atoms with Crippen LogP contribution in [-0.2, 0) is 24.8 Å². The third-order valence-electron chi connectivity index (χ3n) is 5.21. The molecule has 1 aliphatic rings. The minimum atomic E-state index is -3.73. The average molecular weight is 475 g/mol. The molecular weight excluding hydrogens is 440 g/mol. The van der Waals surface area contributed by atoms with Gasteiger partial charge in [0.15, 0.2) is 0 Å². The number of carbonyl (C=O) groups excluding carboxylic acids is 1. The van der Waals surface area contributed by atoms with Crippen molar-refractivity contribution in [3.63, 3.8) is 0 Å². The molecule has 176 valence electrons. The molecule has 1 saturated heterocycles. The highest BCUT2D eigenvalue weighted by molar-refractivity contribution is 7.89. The highest BCUT2D eigenvalue weighted by Crippen LogP contribution is 2.21. The Morgan fingerprint density at radius 1 is 0.968 bits per heavy atom. The summed E-state index contributed by atoms with van der Waals surface area (Å²) in [5.41, 5.74) is 0. The molecule has 0 radical (unpaired) electrons. The molecule has 0 saturated carbocycles. The highest BCUT2D eigenvalue weighted by atomic mass is 32.2. The fourth-order valence-corrected chi connectivity index (χ4v) is 6.23. The molecule has 1 fully saturated rings. The van der Waals surface area contributed by atoms with E-state index >= 15 is 0 Å². The summed E-state index contributed by atoms with van der Waals surface area (Å²) < 4.78 is 53.8. The second kappa shape index (κ2) is 10.9. The fourth-order valence-electron chi connectivity index (χ4n) is 3.35. The maximum atomic E-state index is 13.0. The van der Waals surface area contributed by atoms with Crippen LogP contribution >= 0.6 is 0 Å². The van der Waals surface area contributed by atoms with Crippen LogP contribution in [0, 0.1) is 5.92 Å². The van der Waals surface area contributed by atoms with Gasteiger partial charge in [-0.3, -0.25) is 9.69 Å². The third-order valence-corrected chi connectivity index (χ3v) is 9.19. The normalized spacial score (nSPS) is 16.7. The van der Waals surface area contributed by atoms with E-state index in [1.54, 1.807) is 13.8 Å². The maximum Gasteiger partial charge on any atom is 0.243 e. The lowest BCUT2D eigenvalue weighted by molar-refractivity contribution is -0.122. The summed E-state index contributed by atoms with van der Waals surface area (Å²) in [5, 5.41) is 2.87. The van der Waals surface area contributed by atoms with Crippen molar-refractivity contribution in [1.82, 2.24) is 18.8 Å². The molecule has 1 aromatic rings. The number of piperazine rings is 1. The van der Waals surface area contributed by atoms with Gasteiger partial charge in [0.25, 0.3) is 0 Å². The molecule has 0 bridgehead atoms. The van der Waals surface area contributed by atoms with E-state index in [1.165, 1.54) is 32.9 Å². The molecule has 1 aliphatic heterocycles. The lowest BCUT2D eigenvalue weighted by atomic mass is 10.2. The number of hydrogen-bond acceptors (Lipinski definition) is 6. The van der Waals surface area contributed by atoms with Crippen molar-refractivity contribution in [3.8, 4) is 0 Å². The number of benzene rings is 1. The summed E-state index contributed by atoms with van der Waals surface area (Å²) in [4.78, 5) is 14.1. The van der Waals surface area contributed by atoms with Gasteiger partial charge in [0.1, 0.15) is 0 Å². The third kappa shape index (κ3) is 6.48. The molecule has 9 nitrogen and oxygen atoms in total. The Hall–Kier alpha value is -1.53. The Balaban J connectivity index is 2.01. The first-order chi connectivity index (χ1) is 14.5. The van der Waals surface area contributed by atoms with Crippen molar-refractivity contribution < 1.29 is 21.6 Å². The summed E-state index contributed by atoms with van der Waals surface area (Å²) in [5.74, 6) is 0.314. The minimum Gasteiger partial charge on any atom is -0.355 e. The van der Waals surface area contributed by atoms with Crippen LogP contribution in [0.5, 0.6) is 0 Å². The zero-order valence-corrected chi connectivity index (χ0v) is 20.4. The second-order valence-corrected chi connectivity index (χ2v) is 11.8. The van der Waals surface area contributed by atoms with E-state index in [0.717, 1.165) is 0 Å². The quantitative estimate of drug-likeness (QED) is 0.537. The molecule has 0 aliphatic carbocycles. The number of sulfonamides is 2.